The molecule has 1 aliphatic rings. The topological polar surface area (TPSA) is 48.0 Å². The standard InChI is InChI=1S/C17H21N5S/c1-13-19-20-17(22(13)15-7-3-2-4-8-15)23-12-14-11-21-10-6-5-9-16(21)18-14/h5-6,9-11,15H,2-4,7-8,12H2,1H3. The predicted molar refractivity (Wildman–Crippen MR) is 91.6 cm³/mol. The van der Waals surface area contributed by atoms with E-state index in [0.29, 0.717) is 6.04 Å². The molecule has 120 valence electrons. The van der Waals surface area contributed by atoms with Gasteiger partial charge in [0, 0.05) is 24.2 Å². The number of fused-ring (bicyclic) bond motifs is 1. The predicted octanol–water partition coefficient (Wildman–Crippen LogP) is 4.03. The van der Waals surface area contributed by atoms with Crippen molar-refractivity contribution in [3.63, 3.8) is 0 Å². The molecule has 3 aromatic rings. The fourth-order valence-electron chi connectivity index (χ4n) is 3.40. The van der Waals surface area contributed by atoms with Crippen molar-refractivity contribution in [3.05, 3.63) is 42.1 Å². The van der Waals surface area contributed by atoms with Gasteiger partial charge in [-0.05, 0) is 31.9 Å². The molecule has 3 aromatic heterocycles. The molecule has 0 bridgehead atoms. The summed E-state index contributed by atoms with van der Waals surface area (Å²) in [5, 5.41) is 9.75. The first-order valence-electron chi connectivity index (χ1n) is 8.28. The fourth-order valence-corrected chi connectivity index (χ4v) is 4.34. The lowest BCUT2D eigenvalue weighted by molar-refractivity contribution is 0.332. The molecule has 0 amide bonds. The molecule has 0 aliphatic heterocycles. The number of aryl methyl sites for hydroxylation is 1. The van der Waals surface area contributed by atoms with Crippen LogP contribution < -0.4 is 0 Å². The van der Waals surface area contributed by atoms with Gasteiger partial charge in [0.1, 0.15) is 11.5 Å². The Morgan fingerprint density at radius 2 is 2.04 bits per heavy atom. The zero-order valence-corrected chi connectivity index (χ0v) is 14.2. The molecule has 5 nitrogen and oxygen atoms in total. The molecule has 23 heavy (non-hydrogen) atoms. The number of nitrogens with zero attached hydrogens (tertiary/aromatic N) is 5. The molecule has 0 spiro atoms. The first kappa shape index (κ1) is 14.8. The van der Waals surface area contributed by atoms with E-state index in [0.717, 1.165) is 28.1 Å². The molecule has 6 heteroatoms. The van der Waals surface area contributed by atoms with Crippen LogP contribution in [0.15, 0.2) is 35.7 Å². The van der Waals surface area contributed by atoms with Gasteiger partial charge in [-0.25, -0.2) is 4.98 Å². The average Bonchev–Trinajstić information content (AvgIpc) is 3.16. The smallest absolute Gasteiger partial charge is 0.191 e. The van der Waals surface area contributed by atoms with Gasteiger partial charge < -0.3 is 8.97 Å². The van der Waals surface area contributed by atoms with Gasteiger partial charge in [-0.15, -0.1) is 10.2 Å². The zero-order chi connectivity index (χ0) is 15.6. The van der Waals surface area contributed by atoms with Crippen molar-refractivity contribution < 1.29 is 0 Å². The number of rotatable bonds is 4. The summed E-state index contributed by atoms with van der Waals surface area (Å²) < 4.78 is 4.41. The second kappa shape index (κ2) is 6.35. The van der Waals surface area contributed by atoms with Crippen LogP contribution in [0.4, 0.5) is 0 Å². The highest BCUT2D eigenvalue weighted by Crippen LogP contribution is 2.33. The summed E-state index contributed by atoms with van der Waals surface area (Å²) in [6, 6.07) is 6.64. The highest BCUT2D eigenvalue weighted by molar-refractivity contribution is 7.98. The van der Waals surface area contributed by atoms with E-state index in [4.69, 9.17) is 0 Å². The van der Waals surface area contributed by atoms with Crippen molar-refractivity contribution >= 4 is 17.4 Å². The monoisotopic (exact) mass is 327 g/mol. The van der Waals surface area contributed by atoms with Crippen molar-refractivity contribution in [2.24, 2.45) is 0 Å². The normalized spacial score (nSPS) is 16.2. The van der Waals surface area contributed by atoms with E-state index in [2.05, 4.69) is 37.3 Å². The summed E-state index contributed by atoms with van der Waals surface area (Å²) in [6.45, 7) is 2.07. The summed E-state index contributed by atoms with van der Waals surface area (Å²) in [6.07, 6.45) is 10.6. The van der Waals surface area contributed by atoms with Crippen LogP contribution in [0.1, 0.15) is 49.7 Å². The molecule has 0 saturated heterocycles. The van der Waals surface area contributed by atoms with Gasteiger partial charge >= 0.3 is 0 Å². The maximum absolute atomic E-state index is 4.66. The van der Waals surface area contributed by atoms with Gasteiger partial charge in [0.05, 0.1) is 5.69 Å². The number of imidazole rings is 1. The highest BCUT2D eigenvalue weighted by atomic mass is 32.2. The summed E-state index contributed by atoms with van der Waals surface area (Å²) in [5.41, 5.74) is 2.07. The lowest BCUT2D eigenvalue weighted by Gasteiger charge is -2.24. The Balaban J connectivity index is 1.52. The molecule has 3 heterocycles. The average molecular weight is 327 g/mol. The zero-order valence-electron chi connectivity index (χ0n) is 13.4. The molecule has 1 saturated carbocycles. The second-order valence-electron chi connectivity index (χ2n) is 6.18. The van der Waals surface area contributed by atoms with Crippen molar-refractivity contribution in [2.75, 3.05) is 0 Å². The third kappa shape index (κ3) is 3.00. The Labute approximate surface area is 140 Å². The van der Waals surface area contributed by atoms with Crippen molar-refractivity contribution in [3.8, 4) is 0 Å². The SMILES string of the molecule is Cc1nnc(SCc2cn3ccccc3n2)n1C1CCCCC1. The first-order valence-corrected chi connectivity index (χ1v) is 9.27. The lowest BCUT2D eigenvalue weighted by Crippen LogP contribution is -2.15. The highest BCUT2D eigenvalue weighted by Gasteiger charge is 2.21. The van der Waals surface area contributed by atoms with Crippen LogP contribution in [0.3, 0.4) is 0 Å². The third-order valence-corrected chi connectivity index (χ3v) is 5.51. The second-order valence-corrected chi connectivity index (χ2v) is 7.12. The van der Waals surface area contributed by atoms with Crippen molar-refractivity contribution in [1.82, 2.24) is 24.1 Å². The van der Waals surface area contributed by atoms with Crippen LogP contribution in [0.25, 0.3) is 5.65 Å². The molecule has 0 aromatic carbocycles. The maximum atomic E-state index is 4.66. The number of hydrogen-bond donors (Lipinski definition) is 0. The molecule has 4 rings (SSSR count). The van der Waals surface area contributed by atoms with Crippen LogP contribution in [0.5, 0.6) is 0 Å². The quantitative estimate of drug-likeness (QED) is 0.679. The number of aromatic nitrogens is 5. The van der Waals surface area contributed by atoms with E-state index in [9.17, 15) is 0 Å². The van der Waals surface area contributed by atoms with E-state index in [1.165, 1.54) is 32.1 Å². The van der Waals surface area contributed by atoms with Gasteiger partial charge in [-0.2, -0.15) is 0 Å². The van der Waals surface area contributed by atoms with Gasteiger partial charge in [0.15, 0.2) is 5.16 Å². The van der Waals surface area contributed by atoms with E-state index in [-0.39, 0.29) is 0 Å². The summed E-state index contributed by atoms with van der Waals surface area (Å²) >= 11 is 1.74. The fraction of sp³-hybridized carbons (Fsp3) is 0.471. The number of pyridine rings is 1. The van der Waals surface area contributed by atoms with Gasteiger partial charge in [0.2, 0.25) is 0 Å². The molecule has 1 fully saturated rings. The molecular formula is C17H21N5S. The first-order chi connectivity index (χ1) is 11.3. The summed E-state index contributed by atoms with van der Waals surface area (Å²) in [4.78, 5) is 4.66. The molecule has 0 unspecified atom stereocenters. The van der Waals surface area contributed by atoms with Gasteiger partial charge in [-0.3, -0.25) is 0 Å². The molecule has 1 aliphatic carbocycles. The lowest BCUT2D eigenvalue weighted by atomic mass is 9.95. The molecule has 0 N–H and O–H groups in total. The maximum Gasteiger partial charge on any atom is 0.191 e. The van der Waals surface area contributed by atoms with Gasteiger partial charge in [0.25, 0.3) is 0 Å². The van der Waals surface area contributed by atoms with Crippen LogP contribution in [0, 0.1) is 6.92 Å². The molecule has 0 atom stereocenters. The molecule has 0 radical (unpaired) electrons. The Kier molecular flexibility index (Phi) is 4.08. The van der Waals surface area contributed by atoms with Crippen LogP contribution in [0.2, 0.25) is 0 Å². The minimum absolute atomic E-state index is 0.572. The van der Waals surface area contributed by atoms with Crippen LogP contribution >= 0.6 is 11.8 Å². The van der Waals surface area contributed by atoms with Crippen molar-refractivity contribution in [2.45, 2.75) is 56.0 Å². The molecular weight excluding hydrogens is 306 g/mol. The minimum Gasteiger partial charge on any atom is -0.307 e. The van der Waals surface area contributed by atoms with E-state index >= 15 is 0 Å². The van der Waals surface area contributed by atoms with Crippen molar-refractivity contribution in [1.29, 1.82) is 0 Å². The summed E-state index contributed by atoms with van der Waals surface area (Å²) in [7, 11) is 0. The Bertz CT molecular complexity index is 767. The largest absolute Gasteiger partial charge is 0.307 e. The van der Waals surface area contributed by atoms with E-state index in [1.54, 1.807) is 11.8 Å². The van der Waals surface area contributed by atoms with Gasteiger partial charge in [-0.1, -0.05) is 37.1 Å². The third-order valence-electron chi connectivity index (χ3n) is 4.54. The summed E-state index contributed by atoms with van der Waals surface area (Å²) in [5.74, 6) is 1.86. The Morgan fingerprint density at radius 1 is 1.17 bits per heavy atom. The number of thioether (sulfide) groups is 1. The minimum atomic E-state index is 0.572. The van der Waals surface area contributed by atoms with E-state index in [1.807, 2.05) is 24.4 Å². The Morgan fingerprint density at radius 3 is 2.87 bits per heavy atom. The van der Waals surface area contributed by atoms with Crippen LogP contribution in [-0.2, 0) is 5.75 Å². The van der Waals surface area contributed by atoms with E-state index < -0.39 is 0 Å². The van der Waals surface area contributed by atoms with Crippen LogP contribution in [-0.4, -0.2) is 24.1 Å². The Hall–Kier alpha value is -1.82. The number of hydrogen-bond acceptors (Lipinski definition) is 4.